The van der Waals surface area contributed by atoms with E-state index < -0.39 is 0 Å². The van der Waals surface area contributed by atoms with Crippen molar-refractivity contribution in [2.24, 2.45) is 7.05 Å². The Morgan fingerprint density at radius 1 is 1.09 bits per heavy atom. The maximum absolute atomic E-state index is 9.25. The number of oxazole rings is 1. The van der Waals surface area contributed by atoms with Crippen molar-refractivity contribution in [3.8, 4) is 0 Å². The van der Waals surface area contributed by atoms with Crippen molar-refractivity contribution in [3.05, 3.63) is 59.5 Å². The van der Waals surface area contributed by atoms with Crippen LogP contribution in [0.1, 0.15) is 17.0 Å². The number of rotatable bonds is 4. The van der Waals surface area contributed by atoms with E-state index in [0.29, 0.717) is 0 Å². The first kappa shape index (κ1) is 15.3. The van der Waals surface area contributed by atoms with Gasteiger partial charge in [-0.1, -0.05) is 18.2 Å². The van der Waals surface area contributed by atoms with Gasteiger partial charge in [0.25, 0.3) is 5.52 Å². The lowest BCUT2D eigenvalue weighted by Crippen LogP contribution is -2.29. The van der Waals surface area contributed by atoms with Crippen molar-refractivity contribution in [2.75, 3.05) is 19.0 Å². The van der Waals surface area contributed by atoms with Gasteiger partial charge in [-0.3, -0.25) is 0 Å². The molecule has 1 heterocycles. The highest BCUT2D eigenvalue weighted by atomic mass is 16.3. The van der Waals surface area contributed by atoms with Crippen molar-refractivity contribution in [2.45, 2.75) is 6.61 Å². The maximum Gasteiger partial charge on any atom is 0.373 e. The minimum atomic E-state index is 0.0323. The van der Waals surface area contributed by atoms with Gasteiger partial charge in [-0.05, 0) is 35.4 Å². The first-order valence-electron chi connectivity index (χ1n) is 7.56. The summed E-state index contributed by atoms with van der Waals surface area (Å²) >= 11 is 0. The highest BCUT2D eigenvalue weighted by Gasteiger charge is 2.16. The second-order valence-electron chi connectivity index (χ2n) is 5.78. The number of hydrogen-bond acceptors (Lipinski definition) is 3. The van der Waals surface area contributed by atoms with Crippen LogP contribution in [0.15, 0.2) is 46.9 Å². The van der Waals surface area contributed by atoms with Gasteiger partial charge in [0.05, 0.1) is 12.7 Å². The van der Waals surface area contributed by atoms with Crippen molar-refractivity contribution >= 4 is 28.9 Å². The van der Waals surface area contributed by atoms with Gasteiger partial charge >= 0.3 is 5.89 Å². The van der Waals surface area contributed by atoms with Gasteiger partial charge in [0.2, 0.25) is 5.58 Å². The molecule has 0 aliphatic carbocycles. The highest BCUT2D eigenvalue weighted by Crippen LogP contribution is 2.18. The Bertz CT molecular complexity index is 846. The molecule has 0 fully saturated rings. The van der Waals surface area contributed by atoms with E-state index in [1.54, 1.807) is 0 Å². The average Bonchev–Trinajstić information content (AvgIpc) is 2.89. The van der Waals surface area contributed by atoms with E-state index in [0.717, 1.165) is 28.1 Å². The van der Waals surface area contributed by atoms with Gasteiger partial charge < -0.3 is 14.4 Å². The Balaban J connectivity index is 1.90. The molecule has 0 aliphatic rings. The predicted molar refractivity (Wildman–Crippen MR) is 93.0 cm³/mol. The van der Waals surface area contributed by atoms with Gasteiger partial charge in [0.1, 0.15) is 7.05 Å². The summed E-state index contributed by atoms with van der Waals surface area (Å²) in [7, 11) is 6.02. The quantitative estimate of drug-likeness (QED) is 0.753. The molecule has 0 atom stereocenters. The average molecular weight is 309 g/mol. The molecule has 0 aliphatic heterocycles. The summed E-state index contributed by atoms with van der Waals surface area (Å²) in [5.41, 5.74) is 4.95. The topological polar surface area (TPSA) is 40.5 Å². The number of aromatic nitrogens is 1. The monoisotopic (exact) mass is 309 g/mol. The van der Waals surface area contributed by atoms with Gasteiger partial charge in [-0.15, -0.1) is 0 Å². The minimum absolute atomic E-state index is 0.0323. The molecular weight excluding hydrogens is 288 g/mol. The summed E-state index contributed by atoms with van der Waals surface area (Å²) in [6.07, 6.45) is 3.99. The van der Waals surface area contributed by atoms with Crippen LogP contribution in [0.5, 0.6) is 0 Å². The summed E-state index contributed by atoms with van der Waals surface area (Å²) in [4.78, 5) is 2.07. The molecule has 4 heteroatoms. The molecule has 0 radical (unpaired) electrons. The van der Waals surface area contributed by atoms with Crippen molar-refractivity contribution < 1.29 is 14.1 Å². The van der Waals surface area contributed by atoms with E-state index in [4.69, 9.17) is 4.42 Å². The predicted octanol–water partition coefficient (Wildman–Crippen LogP) is 2.99. The molecule has 0 saturated carbocycles. The fourth-order valence-electron chi connectivity index (χ4n) is 2.51. The first-order valence-corrected chi connectivity index (χ1v) is 7.56. The molecular formula is C19H21N2O2+. The molecule has 4 nitrogen and oxygen atoms in total. The largest absolute Gasteiger partial charge is 0.398 e. The molecule has 0 amide bonds. The lowest BCUT2D eigenvalue weighted by molar-refractivity contribution is -0.651. The van der Waals surface area contributed by atoms with Crippen LogP contribution in [-0.4, -0.2) is 19.2 Å². The lowest BCUT2D eigenvalue weighted by Gasteiger charge is -2.11. The van der Waals surface area contributed by atoms with Crippen LogP contribution in [0.2, 0.25) is 0 Å². The molecule has 118 valence electrons. The zero-order chi connectivity index (χ0) is 16.4. The molecule has 0 spiro atoms. The Kier molecular flexibility index (Phi) is 4.17. The number of hydrogen-bond donors (Lipinski definition) is 1. The molecule has 1 N–H and O–H groups in total. The number of aliphatic hydroxyl groups excluding tert-OH is 1. The van der Waals surface area contributed by atoms with Crippen molar-refractivity contribution in [1.29, 1.82) is 0 Å². The fraction of sp³-hybridized carbons (Fsp3) is 0.211. The summed E-state index contributed by atoms with van der Waals surface area (Å²) in [6.45, 7) is 0.0323. The van der Waals surface area contributed by atoms with E-state index in [1.165, 1.54) is 5.69 Å². The molecule has 2 aromatic carbocycles. The summed E-state index contributed by atoms with van der Waals surface area (Å²) in [6, 6.07) is 14.1. The third-order valence-electron chi connectivity index (χ3n) is 3.94. The Morgan fingerprint density at radius 2 is 1.83 bits per heavy atom. The Morgan fingerprint density at radius 3 is 2.48 bits per heavy atom. The zero-order valence-electron chi connectivity index (χ0n) is 13.7. The van der Waals surface area contributed by atoms with E-state index in [1.807, 2.05) is 56.1 Å². The fourth-order valence-corrected chi connectivity index (χ4v) is 2.51. The standard InChI is InChI=1S/C19H21N2O2/c1-20(2)16-8-4-14(5-9-16)7-11-19-21(3)17-12-15(13-22)6-10-18(17)23-19/h4-12,22H,13H2,1-3H3/q+1. The number of benzene rings is 2. The SMILES string of the molecule is CN(C)c1ccc(/C=C/c2oc3ccc(CO)cc3[n+]2C)cc1. The summed E-state index contributed by atoms with van der Waals surface area (Å²) in [5.74, 6) is 0.770. The number of anilines is 1. The van der Waals surface area contributed by atoms with Gasteiger partial charge in [0, 0.05) is 25.8 Å². The van der Waals surface area contributed by atoms with E-state index in [-0.39, 0.29) is 6.61 Å². The lowest BCUT2D eigenvalue weighted by atomic mass is 10.2. The Labute approximate surface area is 135 Å². The molecule has 3 rings (SSSR count). The molecule has 0 saturated heterocycles. The van der Waals surface area contributed by atoms with Crippen LogP contribution >= 0.6 is 0 Å². The number of aliphatic hydroxyl groups is 1. The van der Waals surface area contributed by atoms with Crippen molar-refractivity contribution in [3.63, 3.8) is 0 Å². The summed E-state index contributed by atoms with van der Waals surface area (Å²) < 4.78 is 7.85. The number of fused-ring (bicyclic) bond motifs is 1. The minimum Gasteiger partial charge on any atom is -0.398 e. The second kappa shape index (κ2) is 6.26. The third-order valence-corrected chi connectivity index (χ3v) is 3.94. The van der Waals surface area contributed by atoms with Crippen LogP contribution < -0.4 is 9.47 Å². The molecule has 3 aromatic rings. The van der Waals surface area contributed by atoms with Crippen LogP contribution in [0.3, 0.4) is 0 Å². The van der Waals surface area contributed by atoms with E-state index >= 15 is 0 Å². The smallest absolute Gasteiger partial charge is 0.373 e. The van der Waals surface area contributed by atoms with Crippen LogP contribution in [-0.2, 0) is 13.7 Å². The normalized spacial score (nSPS) is 11.5. The van der Waals surface area contributed by atoms with Gasteiger partial charge in [-0.25, -0.2) is 0 Å². The number of nitrogens with zero attached hydrogens (tertiary/aromatic N) is 2. The number of aryl methyl sites for hydroxylation is 1. The van der Waals surface area contributed by atoms with Crippen molar-refractivity contribution in [1.82, 2.24) is 0 Å². The Hall–Kier alpha value is -2.59. The highest BCUT2D eigenvalue weighted by molar-refractivity contribution is 5.73. The molecule has 0 bridgehead atoms. The summed E-state index contributed by atoms with van der Waals surface area (Å²) in [5, 5.41) is 9.25. The van der Waals surface area contributed by atoms with Crippen LogP contribution in [0.4, 0.5) is 5.69 Å². The van der Waals surface area contributed by atoms with Gasteiger partial charge in [-0.2, -0.15) is 4.57 Å². The van der Waals surface area contributed by atoms with Gasteiger partial charge in [0.15, 0.2) is 0 Å². The third kappa shape index (κ3) is 3.12. The second-order valence-corrected chi connectivity index (χ2v) is 5.78. The zero-order valence-corrected chi connectivity index (χ0v) is 13.7. The maximum atomic E-state index is 9.25. The van der Waals surface area contributed by atoms with E-state index in [9.17, 15) is 5.11 Å². The first-order chi connectivity index (χ1) is 11.1. The molecule has 23 heavy (non-hydrogen) atoms. The van der Waals surface area contributed by atoms with E-state index in [2.05, 4.69) is 29.2 Å². The molecule has 1 aromatic heterocycles. The molecule has 0 unspecified atom stereocenters. The van der Waals surface area contributed by atoms with Crippen LogP contribution in [0.25, 0.3) is 23.3 Å². The van der Waals surface area contributed by atoms with Crippen LogP contribution in [0, 0.1) is 0 Å².